The number of nitrogens with zero attached hydrogens (tertiary/aromatic N) is 3. The number of terminal acetylenes is 1. The summed E-state index contributed by atoms with van der Waals surface area (Å²) in [4.78, 5) is 11.3. The van der Waals surface area contributed by atoms with E-state index in [0.717, 1.165) is 59.6 Å². The Balaban J connectivity index is 1.66. The number of aliphatic hydroxyl groups excluding tert-OH is 1. The minimum absolute atomic E-state index is 0.0627. The second-order valence-electron chi connectivity index (χ2n) is 7.51. The molecule has 2 atom stereocenters. The highest BCUT2D eigenvalue weighted by Crippen LogP contribution is 2.28. The van der Waals surface area contributed by atoms with Gasteiger partial charge in [-0.1, -0.05) is 24.1 Å². The van der Waals surface area contributed by atoms with E-state index in [1.807, 2.05) is 36.4 Å². The molecule has 1 aliphatic rings. The first-order valence-corrected chi connectivity index (χ1v) is 9.83. The summed E-state index contributed by atoms with van der Waals surface area (Å²) in [6.07, 6.45) is 7.98. The molecule has 1 aromatic heterocycles. The second-order valence-corrected chi connectivity index (χ2v) is 7.51. The van der Waals surface area contributed by atoms with E-state index in [-0.39, 0.29) is 18.6 Å². The number of hydrogen-bond acceptors (Lipinski definition) is 6. The lowest BCUT2D eigenvalue weighted by molar-refractivity contribution is 0.0995. The second kappa shape index (κ2) is 8.58. The monoisotopic (exact) mass is 387 g/mol. The first-order valence-electron chi connectivity index (χ1n) is 9.83. The minimum Gasteiger partial charge on any atom is -0.396 e. The van der Waals surface area contributed by atoms with Crippen molar-refractivity contribution in [3.63, 3.8) is 0 Å². The van der Waals surface area contributed by atoms with Gasteiger partial charge in [0.2, 0.25) is 0 Å². The normalized spacial score (nSPS) is 19.8. The summed E-state index contributed by atoms with van der Waals surface area (Å²) >= 11 is 0. The molecule has 6 nitrogen and oxygen atoms in total. The van der Waals surface area contributed by atoms with Crippen LogP contribution in [0.1, 0.15) is 17.5 Å². The smallest absolute Gasteiger partial charge is 0.142 e. The molecule has 0 aliphatic carbocycles. The molecular formula is C23H25N5O. The van der Waals surface area contributed by atoms with Crippen molar-refractivity contribution < 1.29 is 5.11 Å². The van der Waals surface area contributed by atoms with Crippen LogP contribution in [-0.4, -0.2) is 45.7 Å². The summed E-state index contributed by atoms with van der Waals surface area (Å²) in [5.74, 6) is 3.53. The number of hydrogen-bond donors (Lipinski definition) is 3. The van der Waals surface area contributed by atoms with Crippen LogP contribution in [0.15, 0.2) is 48.8 Å². The van der Waals surface area contributed by atoms with Gasteiger partial charge in [-0.15, -0.1) is 6.42 Å². The van der Waals surface area contributed by atoms with Crippen molar-refractivity contribution in [2.75, 3.05) is 25.0 Å². The van der Waals surface area contributed by atoms with Crippen molar-refractivity contribution in [1.29, 1.82) is 0 Å². The average Bonchev–Trinajstić information content (AvgIpc) is 2.75. The zero-order valence-corrected chi connectivity index (χ0v) is 16.3. The van der Waals surface area contributed by atoms with Crippen LogP contribution >= 0.6 is 0 Å². The third-order valence-corrected chi connectivity index (χ3v) is 5.55. The van der Waals surface area contributed by atoms with Gasteiger partial charge in [0.15, 0.2) is 0 Å². The molecule has 0 unspecified atom stereocenters. The third-order valence-electron chi connectivity index (χ3n) is 5.55. The van der Waals surface area contributed by atoms with Gasteiger partial charge in [-0.3, -0.25) is 4.90 Å². The maximum absolute atomic E-state index is 9.62. The van der Waals surface area contributed by atoms with Gasteiger partial charge in [-0.2, -0.15) is 0 Å². The van der Waals surface area contributed by atoms with E-state index in [1.165, 1.54) is 0 Å². The zero-order valence-electron chi connectivity index (χ0n) is 16.3. The van der Waals surface area contributed by atoms with Crippen molar-refractivity contribution in [2.24, 2.45) is 11.7 Å². The molecule has 3 aromatic rings. The molecule has 2 aromatic carbocycles. The van der Waals surface area contributed by atoms with E-state index in [0.29, 0.717) is 0 Å². The van der Waals surface area contributed by atoms with Gasteiger partial charge < -0.3 is 16.2 Å². The van der Waals surface area contributed by atoms with Gasteiger partial charge in [0, 0.05) is 48.3 Å². The van der Waals surface area contributed by atoms with Crippen LogP contribution in [-0.2, 0) is 6.54 Å². The molecule has 1 saturated heterocycles. The van der Waals surface area contributed by atoms with Crippen molar-refractivity contribution in [1.82, 2.24) is 14.9 Å². The highest BCUT2D eigenvalue weighted by molar-refractivity contribution is 5.93. The number of piperidine rings is 1. The summed E-state index contributed by atoms with van der Waals surface area (Å²) in [5, 5.41) is 14.0. The predicted molar refractivity (Wildman–Crippen MR) is 116 cm³/mol. The Kier molecular flexibility index (Phi) is 5.72. The Labute approximate surface area is 170 Å². The molecule has 4 N–H and O–H groups in total. The van der Waals surface area contributed by atoms with Crippen LogP contribution in [0, 0.1) is 18.3 Å². The fourth-order valence-electron chi connectivity index (χ4n) is 3.93. The predicted octanol–water partition coefficient (Wildman–Crippen LogP) is 2.50. The molecule has 6 heteroatoms. The molecule has 1 aliphatic heterocycles. The average molecular weight is 387 g/mol. The molecule has 0 amide bonds. The topological polar surface area (TPSA) is 87.3 Å². The van der Waals surface area contributed by atoms with Crippen LogP contribution in [0.4, 0.5) is 11.5 Å². The summed E-state index contributed by atoms with van der Waals surface area (Å²) < 4.78 is 0. The van der Waals surface area contributed by atoms with E-state index in [9.17, 15) is 5.11 Å². The van der Waals surface area contributed by atoms with Crippen molar-refractivity contribution in [3.05, 3.63) is 59.9 Å². The Morgan fingerprint density at radius 1 is 1.24 bits per heavy atom. The number of likely N-dealkylation sites (tertiary alicyclic amines) is 1. The first-order chi connectivity index (χ1) is 14.2. The molecule has 4 rings (SSSR count). The third kappa shape index (κ3) is 4.22. The van der Waals surface area contributed by atoms with E-state index in [4.69, 9.17) is 12.2 Å². The highest BCUT2D eigenvalue weighted by atomic mass is 16.3. The lowest BCUT2D eigenvalue weighted by Crippen LogP contribution is -2.48. The van der Waals surface area contributed by atoms with Gasteiger partial charge in [-0.05, 0) is 42.8 Å². The van der Waals surface area contributed by atoms with E-state index < -0.39 is 0 Å². The molecule has 0 bridgehead atoms. The highest BCUT2D eigenvalue weighted by Gasteiger charge is 2.26. The molecule has 29 heavy (non-hydrogen) atoms. The number of benzene rings is 2. The number of rotatable bonds is 5. The maximum Gasteiger partial charge on any atom is 0.142 e. The molecule has 1 fully saturated rings. The summed E-state index contributed by atoms with van der Waals surface area (Å²) in [5.41, 5.74) is 9.87. The zero-order chi connectivity index (χ0) is 20.2. The van der Waals surface area contributed by atoms with Crippen molar-refractivity contribution in [2.45, 2.75) is 19.0 Å². The lowest BCUT2D eigenvalue weighted by Gasteiger charge is -2.36. The molecule has 0 spiro atoms. The number of aromatic nitrogens is 2. The number of anilines is 2. The van der Waals surface area contributed by atoms with Gasteiger partial charge >= 0.3 is 0 Å². The molecule has 2 heterocycles. The van der Waals surface area contributed by atoms with Crippen LogP contribution < -0.4 is 11.1 Å². The summed E-state index contributed by atoms with van der Waals surface area (Å²) in [6, 6.07) is 13.9. The standard InChI is InChI=1S/C23H25N5O/c1-2-16-5-3-7-19(11-16)27-23-22-17(6-4-8-21(22)25-15-26-23)12-28-10-9-20(24)18(13-28)14-29/h1,3-8,11,15,18,20,29H,9-10,12-14,24H2,(H,25,26,27)/t18-,20+/m0/s1. The van der Waals surface area contributed by atoms with Gasteiger partial charge in [-0.25, -0.2) is 9.97 Å². The van der Waals surface area contributed by atoms with Crippen LogP contribution in [0.5, 0.6) is 0 Å². The van der Waals surface area contributed by atoms with Gasteiger partial charge in [0.1, 0.15) is 12.1 Å². The number of nitrogens with one attached hydrogen (secondary N) is 1. The van der Waals surface area contributed by atoms with Gasteiger partial charge in [0.05, 0.1) is 5.52 Å². The SMILES string of the molecule is C#Cc1cccc(Nc2ncnc3cccc(CN4CC[C@@H](N)[C@H](CO)C4)c23)c1. The quantitative estimate of drug-likeness (QED) is 0.583. The molecule has 0 radical (unpaired) electrons. The van der Waals surface area contributed by atoms with Gasteiger partial charge in [0.25, 0.3) is 0 Å². The van der Waals surface area contributed by atoms with Crippen molar-refractivity contribution in [3.8, 4) is 12.3 Å². The molecular weight excluding hydrogens is 362 g/mol. The molecule has 0 saturated carbocycles. The Bertz CT molecular complexity index is 1040. The Morgan fingerprint density at radius 3 is 2.93 bits per heavy atom. The maximum atomic E-state index is 9.62. The largest absolute Gasteiger partial charge is 0.396 e. The van der Waals surface area contributed by atoms with Crippen LogP contribution in [0.25, 0.3) is 10.9 Å². The number of nitrogens with two attached hydrogens (primary N) is 1. The van der Waals surface area contributed by atoms with E-state index >= 15 is 0 Å². The minimum atomic E-state index is 0.0627. The van der Waals surface area contributed by atoms with E-state index in [1.54, 1.807) is 6.33 Å². The van der Waals surface area contributed by atoms with Crippen LogP contribution in [0.3, 0.4) is 0 Å². The first kappa shape index (κ1) is 19.3. The summed E-state index contributed by atoms with van der Waals surface area (Å²) in [7, 11) is 0. The fraction of sp³-hybridized carbons (Fsp3) is 0.304. The Hall–Kier alpha value is -2.98. The Morgan fingerprint density at radius 2 is 2.10 bits per heavy atom. The summed E-state index contributed by atoms with van der Waals surface area (Å²) in [6.45, 7) is 2.57. The number of fused-ring (bicyclic) bond motifs is 1. The van der Waals surface area contributed by atoms with Crippen molar-refractivity contribution >= 4 is 22.4 Å². The fourth-order valence-corrected chi connectivity index (χ4v) is 3.93. The number of aliphatic hydroxyl groups is 1. The lowest BCUT2D eigenvalue weighted by atomic mass is 9.93. The molecule has 148 valence electrons. The van der Waals surface area contributed by atoms with E-state index in [2.05, 4.69) is 32.2 Å². The van der Waals surface area contributed by atoms with Crippen LogP contribution in [0.2, 0.25) is 0 Å².